The Labute approximate surface area is 149 Å². The lowest BCUT2D eigenvalue weighted by Gasteiger charge is -2.42. The lowest BCUT2D eigenvalue weighted by Crippen LogP contribution is -2.35. The summed E-state index contributed by atoms with van der Waals surface area (Å²) in [4.78, 5) is 0. The van der Waals surface area contributed by atoms with Crippen LogP contribution in [0.25, 0.3) is 0 Å². The molecular weight excluding hydrogens is 307 g/mol. The Morgan fingerprint density at radius 1 is 0.875 bits per heavy atom. The molecule has 0 N–H and O–H groups in total. The molecule has 128 valence electrons. The molecule has 2 aromatic rings. The molecule has 0 amide bonds. The Balaban J connectivity index is 2.04. The van der Waals surface area contributed by atoms with Crippen molar-refractivity contribution < 1.29 is 0 Å². The molecule has 4 unspecified atom stereocenters. The van der Waals surface area contributed by atoms with E-state index in [1.165, 1.54) is 24.8 Å². The maximum atomic E-state index is 2.46. The highest BCUT2D eigenvalue weighted by Gasteiger charge is 2.37. The minimum atomic E-state index is -0.280. The number of aryl methyl sites for hydroxylation is 1. The summed E-state index contributed by atoms with van der Waals surface area (Å²) < 4.78 is 0. The molecule has 0 heterocycles. The molecule has 0 aromatic heterocycles. The van der Waals surface area contributed by atoms with Gasteiger partial charge in [0, 0.05) is 0 Å². The van der Waals surface area contributed by atoms with Crippen molar-refractivity contribution in [3.63, 3.8) is 0 Å². The fourth-order valence-corrected chi connectivity index (χ4v) is 7.75. The Kier molecular flexibility index (Phi) is 5.77. The standard InChI is InChI=1S/C23H31P/c1-17(2)22-15-12-19(4)16-23(22)24(20-8-6-5-7-9-20)21-13-10-18(3)11-14-21/h5-11,13-14,17,19,22-23H,12,15-16H2,1-4H3. The Bertz CT molecular complexity index is 629. The molecule has 0 saturated heterocycles. The second-order valence-electron chi connectivity index (χ2n) is 7.93. The van der Waals surface area contributed by atoms with Crippen LogP contribution in [0.4, 0.5) is 0 Å². The number of hydrogen-bond donors (Lipinski definition) is 0. The number of rotatable bonds is 4. The van der Waals surface area contributed by atoms with Gasteiger partial charge < -0.3 is 0 Å². The van der Waals surface area contributed by atoms with E-state index < -0.39 is 0 Å². The molecule has 0 radical (unpaired) electrons. The molecule has 1 heteroatoms. The topological polar surface area (TPSA) is 0 Å². The molecule has 0 aliphatic heterocycles. The van der Waals surface area contributed by atoms with Gasteiger partial charge in [0.25, 0.3) is 0 Å². The summed E-state index contributed by atoms with van der Waals surface area (Å²) in [6.07, 6.45) is 4.20. The van der Waals surface area contributed by atoms with E-state index in [4.69, 9.17) is 0 Å². The Hall–Kier alpha value is -1.13. The van der Waals surface area contributed by atoms with Crippen LogP contribution >= 0.6 is 7.92 Å². The van der Waals surface area contributed by atoms with Crippen molar-refractivity contribution in [2.24, 2.45) is 17.8 Å². The molecule has 0 nitrogen and oxygen atoms in total. The SMILES string of the molecule is Cc1ccc(P(c2ccccc2)C2CC(C)CCC2C(C)C)cc1. The summed E-state index contributed by atoms with van der Waals surface area (Å²) in [5.41, 5.74) is 2.17. The second kappa shape index (κ2) is 7.83. The van der Waals surface area contributed by atoms with E-state index in [1.807, 2.05) is 0 Å². The van der Waals surface area contributed by atoms with E-state index in [9.17, 15) is 0 Å². The van der Waals surface area contributed by atoms with Crippen molar-refractivity contribution in [3.8, 4) is 0 Å². The van der Waals surface area contributed by atoms with Crippen molar-refractivity contribution in [2.75, 3.05) is 0 Å². The van der Waals surface area contributed by atoms with Gasteiger partial charge in [-0.3, -0.25) is 0 Å². The van der Waals surface area contributed by atoms with Gasteiger partial charge in [-0.1, -0.05) is 87.4 Å². The highest BCUT2D eigenvalue weighted by molar-refractivity contribution is 7.73. The quantitative estimate of drug-likeness (QED) is 0.610. The second-order valence-corrected chi connectivity index (χ2v) is 10.4. The fraction of sp³-hybridized carbons (Fsp3) is 0.478. The molecule has 1 saturated carbocycles. The van der Waals surface area contributed by atoms with E-state index in [2.05, 4.69) is 82.3 Å². The smallest absolute Gasteiger partial charge is 0.00955 e. The molecular formula is C23H31P. The molecule has 1 fully saturated rings. The monoisotopic (exact) mass is 338 g/mol. The molecule has 24 heavy (non-hydrogen) atoms. The van der Waals surface area contributed by atoms with Crippen molar-refractivity contribution >= 4 is 18.5 Å². The van der Waals surface area contributed by atoms with Crippen molar-refractivity contribution in [3.05, 3.63) is 60.2 Å². The zero-order valence-corrected chi connectivity index (χ0v) is 16.5. The molecule has 4 atom stereocenters. The van der Waals surface area contributed by atoms with Crippen LogP contribution < -0.4 is 10.6 Å². The highest BCUT2D eigenvalue weighted by atomic mass is 31.1. The maximum Gasteiger partial charge on any atom is -0.00955 e. The fourth-order valence-electron chi connectivity index (χ4n) is 4.27. The van der Waals surface area contributed by atoms with Gasteiger partial charge in [0.2, 0.25) is 0 Å². The van der Waals surface area contributed by atoms with Crippen LogP contribution in [0.5, 0.6) is 0 Å². The van der Waals surface area contributed by atoms with Crippen molar-refractivity contribution in [1.29, 1.82) is 0 Å². The minimum absolute atomic E-state index is 0.280. The van der Waals surface area contributed by atoms with Gasteiger partial charge in [-0.25, -0.2) is 0 Å². The summed E-state index contributed by atoms with van der Waals surface area (Å²) in [5.74, 6) is 2.50. The van der Waals surface area contributed by atoms with Gasteiger partial charge in [-0.2, -0.15) is 0 Å². The van der Waals surface area contributed by atoms with Crippen LogP contribution in [0.3, 0.4) is 0 Å². The normalized spacial score (nSPS) is 25.6. The first-order valence-electron chi connectivity index (χ1n) is 9.47. The molecule has 1 aliphatic carbocycles. The molecule has 0 bridgehead atoms. The van der Waals surface area contributed by atoms with Crippen molar-refractivity contribution in [2.45, 2.75) is 52.6 Å². The van der Waals surface area contributed by atoms with E-state index in [-0.39, 0.29) is 7.92 Å². The van der Waals surface area contributed by atoms with Gasteiger partial charge in [0.15, 0.2) is 0 Å². The van der Waals surface area contributed by atoms with E-state index in [1.54, 1.807) is 10.6 Å². The summed E-state index contributed by atoms with van der Waals surface area (Å²) in [7, 11) is -0.280. The highest BCUT2D eigenvalue weighted by Crippen LogP contribution is 2.51. The summed E-state index contributed by atoms with van der Waals surface area (Å²) >= 11 is 0. The van der Waals surface area contributed by atoms with Gasteiger partial charge in [-0.15, -0.1) is 0 Å². The van der Waals surface area contributed by atoms with Crippen LogP contribution in [-0.4, -0.2) is 5.66 Å². The predicted octanol–water partition coefficient (Wildman–Crippen LogP) is 5.89. The van der Waals surface area contributed by atoms with Crippen LogP contribution in [0.1, 0.15) is 45.6 Å². The average molecular weight is 338 g/mol. The van der Waals surface area contributed by atoms with Gasteiger partial charge in [0.05, 0.1) is 0 Å². The van der Waals surface area contributed by atoms with Gasteiger partial charge in [0.1, 0.15) is 0 Å². The average Bonchev–Trinajstić information content (AvgIpc) is 2.58. The lowest BCUT2D eigenvalue weighted by atomic mass is 9.77. The van der Waals surface area contributed by atoms with E-state index >= 15 is 0 Å². The van der Waals surface area contributed by atoms with Gasteiger partial charge >= 0.3 is 0 Å². The van der Waals surface area contributed by atoms with Crippen LogP contribution in [-0.2, 0) is 0 Å². The largest absolute Gasteiger partial charge is 0.0625 e. The number of benzene rings is 2. The lowest BCUT2D eigenvalue weighted by molar-refractivity contribution is 0.242. The summed E-state index contributed by atoms with van der Waals surface area (Å²) in [6, 6.07) is 20.7. The van der Waals surface area contributed by atoms with E-state index in [0.717, 1.165) is 23.4 Å². The maximum absolute atomic E-state index is 2.46. The summed E-state index contributed by atoms with van der Waals surface area (Å²) in [5, 5.41) is 3.12. The Morgan fingerprint density at radius 2 is 1.50 bits per heavy atom. The molecule has 0 spiro atoms. The number of hydrogen-bond acceptors (Lipinski definition) is 0. The van der Waals surface area contributed by atoms with Crippen LogP contribution in [0.15, 0.2) is 54.6 Å². The minimum Gasteiger partial charge on any atom is -0.0625 e. The third-order valence-electron chi connectivity index (χ3n) is 5.67. The van der Waals surface area contributed by atoms with Crippen LogP contribution in [0, 0.1) is 24.7 Å². The zero-order valence-electron chi connectivity index (χ0n) is 15.6. The third-order valence-corrected chi connectivity index (χ3v) is 8.63. The molecule has 1 aliphatic rings. The van der Waals surface area contributed by atoms with Crippen molar-refractivity contribution in [1.82, 2.24) is 0 Å². The Morgan fingerprint density at radius 3 is 2.12 bits per heavy atom. The first kappa shape index (κ1) is 17.7. The van der Waals surface area contributed by atoms with E-state index in [0.29, 0.717) is 0 Å². The first-order chi connectivity index (χ1) is 11.6. The third kappa shape index (κ3) is 3.92. The summed E-state index contributed by atoms with van der Waals surface area (Å²) in [6.45, 7) is 9.51. The molecule has 2 aromatic carbocycles. The first-order valence-corrected chi connectivity index (χ1v) is 10.9. The van der Waals surface area contributed by atoms with Crippen LogP contribution in [0.2, 0.25) is 0 Å². The van der Waals surface area contributed by atoms with Gasteiger partial charge in [-0.05, 0) is 61.7 Å². The predicted molar refractivity (Wildman–Crippen MR) is 109 cm³/mol. The molecule has 3 rings (SSSR count). The zero-order chi connectivity index (χ0) is 17.1.